The third-order valence-electron chi connectivity index (χ3n) is 0.687. The van der Waals surface area contributed by atoms with E-state index >= 15 is 0 Å². The van der Waals surface area contributed by atoms with Crippen LogP contribution >= 0.6 is 23.5 Å². The summed E-state index contributed by atoms with van der Waals surface area (Å²) in [4.78, 5) is 0. The summed E-state index contributed by atoms with van der Waals surface area (Å²) in [5, 5.41) is 0.713. The molecule has 0 heterocycles. The maximum absolute atomic E-state index is 3.92. The molecular weight excluding hydrogens is 136 g/mol. The molecule has 0 spiro atoms. The molecule has 2 heteroatoms. The summed E-state index contributed by atoms with van der Waals surface area (Å²) >= 11 is 3.71. The molecule has 0 aliphatic carbocycles. The van der Waals surface area contributed by atoms with Gasteiger partial charge in [-0.05, 0) is 13.2 Å². The fourth-order valence-electron chi connectivity index (χ4n) is 0.359. The molecule has 0 saturated heterocycles. The van der Waals surface area contributed by atoms with Crippen LogP contribution in [0.25, 0.3) is 0 Å². The van der Waals surface area contributed by atoms with E-state index in [0.717, 1.165) is 0 Å². The number of hydrogen-bond acceptors (Lipinski definition) is 2. The Hall–Kier alpha value is 0.700. The van der Waals surface area contributed by atoms with E-state index in [1.807, 2.05) is 11.8 Å². The monoisotopic (exact) mass is 149 g/mol. The van der Waals surface area contributed by atoms with Crippen LogP contribution in [-0.2, 0) is 0 Å². The minimum Gasteiger partial charge on any atom is -0.151 e. The summed E-state index contributed by atoms with van der Waals surface area (Å²) in [6.07, 6.45) is 2.09. The van der Waals surface area contributed by atoms with Crippen molar-refractivity contribution >= 4 is 23.5 Å². The van der Waals surface area contributed by atoms with Gasteiger partial charge in [0.15, 0.2) is 0 Å². The van der Waals surface area contributed by atoms with Crippen LogP contribution < -0.4 is 0 Å². The van der Waals surface area contributed by atoms with Crippen molar-refractivity contribution < 1.29 is 0 Å². The van der Waals surface area contributed by atoms with Gasteiger partial charge in [-0.2, -0.15) is 11.8 Å². The van der Waals surface area contributed by atoms with Crippen LogP contribution in [-0.4, -0.2) is 16.1 Å². The number of rotatable bonds is 3. The lowest BCUT2D eigenvalue weighted by molar-refractivity contribution is 1.11. The van der Waals surface area contributed by atoms with Crippen molar-refractivity contribution in [2.45, 2.75) is 23.7 Å². The normalized spacial score (nSPS) is 14.6. The second-order valence-corrected chi connectivity index (χ2v) is 4.97. The summed E-state index contributed by atoms with van der Waals surface area (Å²) in [6.45, 7) is 8.31. The minimum atomic E-state index is 0.509. The molecular formula is C6H13S2. The van der Waals surface area contributed by atoms with Crippen LogP contribution in [0, 0.1) is 6.92 Å². The van der Waals surface area contributed by atoms with Crippen LogP contribution in [0.1, 0.15) is 13.8 Å². The summed E-state index contributed by atoms with van der Waals surface area (Å²) in [7, 11) is 0. The van der Waals surface area contributed by atoms with E-state index < -0.39 is 0 Å². The smallest absolute Gasteiger partial charge is 0.0503 e. The van der Waals surface area contributed by atoms with Crippen molar-refractivity contribution in [1.82, 2.24) is 0 Å². The highest BCUT2D eigenvalue weighted by molar-refractivity contribution is 8.17. The Balaban J connectivity index is 3.10. The first kappa shape index (κ1) is 8.70. The quantitative estimate of drug-likeness (QED) is 0.566. The predicted molar refractivity (Wildman–Crippen MR) is 45.4 cm³/mol. The Labute approximate surface area is 60.8 Å². The Morgan fingerprint density at radius 2 is 1.88 bits per heavy atom. The van der Waals surface area contributed by atoms with Crippen molar-refractivity contribution in [3.8, 4) is 0 Å². The molecule has 1 unspecified atom stereocenters. The molecule has 0 fully saturated rings. The third-order valence-corrected chi connectivity index (χ3v) is 2.97. The number of thioether (sulfide) groups is 2. The Bertz CT molecular complexity index is 52.5. The van der Waals surface area contributed by atoms with Gasteiger partial charge < -0.3 is 0 Å². The lowest BCUT2D eigenvalue weighted by atomic mass is 10.6. The molecule has 0 aromatic carbocycles. The van der Waals surface area contributed by atoms with Crippen molar-refractivity contribution in [3.05, 3.63) is 6.92 Å². The van der Waals surface area contributed by atoms with Gasteiger partial charge in [0.1, 0.15) is 0 Å². The Morgan fingerprint density at radius 3 is 2.00 bits per heavy atom. The largest absolute Gasteiger partial charge is 0.151 e. The average Bonchev–Trinajstić information content (AvgIpc) is 1.65. The summed E-state index contributed by atoms with van der Waals surface area (Å²) in [5.74, 6) is 0. The van der Waals surface area contributed by atoms with Gasteiger partial charge >= 0.3 is 0 Å². The summed E-state index contributed by atoms with van der Waals surface area (Å²) in [6, 6.07) is 0. The zero-order valence-electron chi connectivity index (χ0n) is 5.68. The van der Waals surface area contributed by atoms with Gasteiger partial charge in [0.2, 0.25) is 0 Å². The topological polar surface area (TPSA) is 0 Å². The van der Waals surface area contributed by atoms with Crippen molar-refractivity contribution in [3.63, 3.8) is 0 Å². The lowest BCUT2D eigenvalue weighted by Gasteiger charge is -2.09. The van der Waals surface area contributed by atoms with Gasteiger partial charge in [-0.1, -0.05) is 13.8 Å². The van der Waals surface area contributed by atoms with E-state index in [4.69, 9.17) is 0 Å². The van der Waals surface area contributed by atoms with E-state index in [-0.39, 0.29) is 0 Å². The predicted octanol–water partition coefficient (Wildman–Crippen LogP) is 2.65. The maximum atomic E-state index is 3.92. The lowest BCUT2D eigenvalue weighted by Crippen LogP contribution is -1.95. The highest BCUT2D eigenvalue weighted by atomic mass is 32.2. The first-order chi connectivity index (χ1) is 3.66. The number of hydrogen-bond donors (Lipinski definition) is 0. The molecule has 0 nitrogen and oxygen atoms in total. The molecule has 1 atom stereocenters. The zero-order chi connectivity index (χ0) is 6.57. The Kier molecular flexibility index (Phi) is 4.97. The molecule has 0 aliphatic heterocycles. The van der Waals surface area contributed by atoms with E-state index in [1.165, 1.54) is 0 Å². The SMILES string of the molecule is [CH2]C(SC)SC(C)C. The van der Waals surface area contributed by atoms with E-state index in [2.05, 4.69) is 27.0 Å². The second-order valence-electron chi connectivity index (χ2n) is 1.85. The first-order valence-electron chi connectivity index (χ1n) is 2.68. The first-order valence-corrected chi connectivity index (χ1v) is 4.91. The highest BCUT2D eigenvalue weighted by Crippen LogP contribution is 2.23. The van der Waals surface area contributed by atoms with Crippen molar-refractivity contribution in [2.75, 3.05) is 6.26 Å². The molecule has 0 rings (SSSR count). The fourth-order valence-corrected chi connectivity index (χ4v) is 2.08. The van der Waals surface area contributed by atoms with Gasteiger partial charge in [-0.25, -0.2) is 0 Å². The van der Waals surface area contributed by atoms with Crippen molar-refractivity contribution in [2.24, 2.45) is 0 Å². The van der Waals surface area contributed by atoms with Crippen LogP contribution in [0.2, 0.25) is 0 Å². The fraction of sp³-hybridized carbons (Fsp3) is 0.833. The second kappa shape index (κ2) is 4.57. The van der Waals surface area contributed by atoms with Gasteiger partial charge in [-0.3, -0.25) is 0 Å². The minimum absolute atomic E-state index is 0.509. The highest BCUT2D eigenvalue weighted by Gasteiger charge is 2.00. The molecule has 1 radical (unpaired) electrons. The molecule has 0 aromatic rings. The maximum Gasteiger partial charge on any atom is 0.0503 e. The molecule has 0 N–H and O–H groups in total. The summed E-state index contributed by atoms with van der Waals surface area (Å²) in [5.41, 5.74) is 0. The Morgan fingerprint density at radius 1 is 1.38 bits per heavy atom. The van der Waals surface area contributed by atoms with Gasteiger partial charge in [0.25, 0.3) is 0 Å². The van der Waals surface area contributed by atoms with E-state index in [9.17, 15) is 0 Å². The molecule has 0 bridgehead atoms. The van der Waals surface area contributed by atoms with E-state index in [1.54, 1.807) is 11.8 Å². The average molecular weight is 149 g/mol. The molecule has 0 saturated carbocycles. The van der Waals surface area contributed by atoms with Crippen LogP contribution in [0.3, 0.4) is 0 Å². The van der Waals surface area contributed by atoms with Gasteiger partial charge in [0, 0.05) is 5.25 Å². The van der Waals surface area contributed by atoms with Gasteiger partial charge in [0.05, 0.1) is 4.58 Å². The molecule has 0 amide bonds. The van der Waals surface area contributed by atoms with Gasteiger partial charge in [-0.15, -0.1) is 11.8 Å². The standard InChI is InChI=1S/C6H13S2/c1-5(2)8-6(3)7-4/h5-6H,3H2,1-2,4H3. The molecule has 49 valence electrons. The van der Waals surface area contributed by atoms with E-state index in [0.29, 0.717) is 9.83 Å². The molecule has 0 aliphatic rings. The molecule has 0 aromatic heterocycles. The third kappa shape index (κ3) is 4.85. The van der Waals surface area contributed by atoms with Crippen LogP contribution in [0.15, 0.2) is 0 Å². The van der Waals surface area contributed by atoms with Crippen LogP contribution in [0.5, 0.6) is 0 Å². The van der Waals surface area contributed by atoms with Crippen molar-refractivity contribution in [1.29, 1.82) is 0 Å². The van der Waals surface area contributed by atoms with Crippen LogP contribution in [0.4, 0.5) is 0 Å². The molecule has 8 heavy (non-hydrogen) atoms. The zero-order valence-corrected chi connectivity index (χ0v) is 7.31. The summed E-state index contributed by atoms with van der Waals surface area (Å²) < 4.78 is 0.509.